The molecule has 3 heteroatoms. The van der Waals surface area contributed by atoms with Crippen molar-refractivity contribution in [2.75, 3.05) is 11.1 Å². The Morgan fingerprint density at radius 3 is 2.57 bits per heavy atom. The summed E-state index contributed by atoms with van der Waals surface area (Å²) in [6, 6.07) is 0. The minimum atomic E-state index is 1.13. The molecule has 0 aliphatic carbocycles. The maximum Gasteiger partial charge on any atom is 0.00347 e. The summed E-state index contributed by atoms with van der Waals surface area (Å²) in [5.41, 5.74) is 0. The monoisotopic (exact) mass is 200 g/mol. The number of hydrogen-bond acceptors (Lipinski definition) is 2. The summed E-state index contributed by atoms with van der Waals surface area (Å²) >= 11 is 7.34. The molecule has 0 radical (unpaired) electrons. The maximum absolute atomic E-state index is 3.99. The summed E-state index contributed by atoms with van der Waals surface area (Å²) in [5, 5.41) is 1.13. The van der Waals surface area contributed by atoms with E-state index in [0.717, 1.165) is 5.33 Å². The molecule has 0 spiro atoms. The second-order valence-electron chi connectivity index (χ2n) is 1.23. The zero-order valence-corrected chi connectivity index (χ0v) is 7.36. The second kappa shape index (κ2) is 7.18. The molecule has 0 fully saturated rings. The van der Waals surface area contributed by atoms with Crippen molar-refractivity contribution in [2.24, 2.45) is 0 Å². The number of hydrogen-bond donors (Lipinski definition) is 1. The summed E-state index contributed by atoms with van der Waals surface area (Å²) < 4.78 is 0. The molecule has 0 aliphatic rings. The molecular formula is C4H9BrS2. The van der Waals surface area contributed by atoms with Gasteiger partial charge in [-0.05, 0) is 12.8 Å². The van der Waals surface area contributed by atoms with Gasteiger partial charge < -0.3 is 0 Å². The van der Waals surface area contributed by atoms with Crippen LogP contribution in [0.15, 0.2) is 0 Å². The van der Waals surface area contributed by atoms with Crippen LogP contribution in [0.4, 0.5) is 0 Å². The highest BCUT2D eigenvalue weighted by Gasteiger charge is 1.81. The van der Waals surface area contributed by atoms with Crippen LogP contribution in [0.25, 0.3) is 0 Å². The Kier molecular flexibility index (Phi) is 8.39. The van der Waals surface area contributed by atoms with Crippen molar-refractivity contribution in [3.63, 3.8) is 0 Å². The molecule has 0 amide bonds. The molecule has 0 saturated carbocycles. The Bertz CT molecular complexity index is 28.9. The van der Waals surface area contributed by atoms with Gasteiger partial charge in [0, 0.05) is 11.1 Å². The minimum absolute atomic E-state index is 1.13. The van der Waals surface area contributed by atoms with E-state index in [1.54, 1.807) is 10.8 Å². The molecule has 0 heterocycles. The fourth-order valence-corrected chi connectivity index (χ4v) is 1.38. The van der Waals surface area contributed by atoms with Crippen LogP contribution in [-0.4, -0.2) is 11.1 Å². The average Bonchev–Trinajstić information content (AvgIpc) is 1.69. The van der Waals surface area contributed by atoms with Crippen molar-refractivity contribution in [3.05, 3.63) is 0 Å². The van der Waals surface area contributed by atoms with Gasteiger partial charge in [0.1, 0.15) is 0 Å². The molecule has 0 aliphatic heterocycles. The Morgan fingerprint density at radius 2 is 2.14 bits per heavy atom. The Morgan fingerprint density at radius 1 is 1.43 bits per heavy atom. The zero-order chi connectivity index (χ0) is 5.54. The maximum atomic E-state index is 3.99. The number of thiol groups is 1. The quantitative estimate of drug-likeness (QED) is 0.316. The lowest BCUT2D eigenvalue weighted by molar-refractivity contribution is 0.915. The van der Waals surface area contributed by atoms with Gasteiger partial charge in [0.15, 0.2) is 0 Å². The van der Waals surface area contributed by atoms with E-state index in [1.165, 1.54) is 18.6 Å². The molecule has 44 valence electrons. The predicted octanol–water partition coefficient (Wildman–Crippen LogP) is 2.74. The number of rotatable bonds is 4. The van der Waals surface area contributed by atoms with Gasteiger partial charge >= 0.3 is 0 Å². The standard InChI is InChI=1S/C4H9BrS2/c5-3-1-2-4-7-6/h6H,1-4H2. The topological polar surface area (TPSA) is 0 Å². The molecule has 0 N–H and O–H groups in total. The fraction of sp³-hybridized carbons (Fsp3) is 1.00. The van der Waals surface area contributed by atoms with Gasteiger partial charge in [-0.1, -0.05) is 26.7 Å². The fourth-order valence-electron chi connectivity index (χ4n) is 0.261. The normalized spacial score (nSPS) is 9.43. The summed E-state index contributed by atoms with van der Waals surface area (Å²) in [7, 11) is 1.62. The van der Waals surface area contributed by atoms with Gasteiger partial charge in [-0.25, -0.2) is 0 Å². The molecule has 0 unspecified atom stereocenters. The first-order chi connectivity index (χ1) is 3.41. The van der Waals surface area contributed by atoms with Crippen LogP contribution in [-0.2, 0) is 0 Å². The van der Waals surface area contributed by atoms with E-state index in [0.29, 0.717) is 0 Å². The van der Waals surface area contributed by atoms with Gasteiger partial charge in [0.05, 0.1) is 0 Å². The Balaban J connectivity index is 2.45. The summed E-state index contributed by atoms with van der Waals surface area (Å²) in [4.78, 5) is 0. The second-order valence-corrected chi connectivity index (χ2v) is 3.46. The summed E-state index contributed by atoms with van der Waals surface area (Å²) in [6.45, 7) is 0. The molecule has 0 aromatic heterocycles. The first kappa shape index (κ1) is 8.18. The van der Waals surface area contributed by atoms with E-state index in [4.69, 9.17) is 0 Å². The minimum Gasteiger partial charge on any atom is -0.111 e. The van der Waals surface area contributed by atoms with E-state index < -0.39 is 0 Å². The van der Waals surface area contributed by atoms with Crippen LogP contribution < -0.4 is 0 Å². The van der Waals surface area contributed by atoms with Crippen molar-refractivity contribution < 1.29 is 0 Å². The molecular weight excluding hydrogens is 192 g/mol. The van der Waals surface area contributed by atoms with Crippen LogP contribution in [0.5, 0.6) is 0 Å². The highest BCUT2D eigenvalue weighted by atomic mass is 79.9. The predicted molar refractivity (Wildman–Crippen MR) is 44.5 cm³/mol. The van der Waals surface area contributed by atoms with E-state index in [1.807, 2.05) is 0 Å². The van der Waals surface area contributed by atoms with Crippen molar-refractivity contribution >= 4 is 38.4 Å². The Hall–Kier alpha value is 1.18. The number of halogens is 1. The van der Waals surface area contributed by atoms with Crippen LogP contribution in [0.3, 0.4) is 0 Å². The SMILES string of the molecule is SSCCCCBr. The molecule has 7 heavy (non-hydrogen) atoms. The zero-order valence-electron chi connectivity index (χ0n) is 4.06. The molecule has 0 saturated heterocycles. The van der Waals surface area contributed by atoms with Gasteiger partial charge in [0.25, 0.3) is 0 Å². The molecule has 0 rings (SSSR count). The van der Waals surface area contributed by atoms with Crippen LogP contribution in [0, 0.1) is 0 Å². The molecule has 0 aromatic carbocycles. The smallest absolute Gasteiger partial charge is 0.00347 e. The molecule has 0 nitrogen and oxygen atoms in total. The lowest BCUT2D eigenvalue weighted by Crippen LogP contribution is -1.76. The van der Waals surface area contributed by atoms with Gasteiger partial charge in [-0.3, -0.25) is 0 Å². The summed E-state index contributed by atoms with van der Waals surface area (Å²) in [6.07, 6.45) is 2.55. The van der Waals surface area contributed by atoms with E-state index in [2.05, 4.69) is 27.6 Å². The van der Waals surface area contributed by atoms with Crippen molar-refractivity contribution in [1.82, 2.24) is 0 Å². The highest BCUT2D eigenvalue weighted by Crippen LogP contribution is 2.08. The van der Waals surface area contributed by atoms with Crippen LogP contribution in [0.1, 0.15) is 12.8 Å². The van der Waals surface area contributed by atoms with Crippen LogP contribution >= 0.6 is 38.4 Å². The van der Waals surface area contributed by atoms with Crippen molar-refractivity contribution in [3.8, 4) is 0 Å². The van der Waals surface area contributed by atoms with Gasteiger partial charge in [-0.2, -0.15) is 0 Å². The highest BCUT2D eigenvalue weighted by molar-refractivity contribution is 9.09. The third kappa shape index (κ3) is 7.18. The third-order valence-electron chi connectivity index (χ3n) is 0.619. The largest absolute Gasteiger partial charge is 0.111 e. The summed E-state index contributed by atoms with van der Waals surface area (Å²) in [5.74, 6) is 1.18. The van der Waals surface area contributed by atoms with Crippen LogP contribution in [0.2, 0.25) is 0 Å². The van der Waals surface area contributed by atoms with Gasteiger partial charge in [0.2, 0.25) is 0 Å². The van der Waals surface area contributed by atoms with Gasteiger partial charge in [-0.15, -0.1) is 11.7 Å². The lowest BCUT2D eigenvalue weighted by atomic mass is 10.4. The van der Waals surface area contributed by atoms with E-state index >= 15 is 0 Å². The first-order valence-electron chi connectivity index (χ1n) is 2.24. The molecule has 0 bridgehead atoms. The molecule has 0 aromatic rings. The lowest BCUT2D eigenvalue weighted by Gasteiger charge is -1.89. The third-order valence-corrected chi connectivity index (χ3v) is 2.20. The molecule has 0 atom stereocenters. The van der Waals surface area contributed by atoms with Crippen molar-refractivity contribution in [1.29, 1.82) is 0 Å². The Labute approximate surface area is 62.4 Å². The van der Waals surface area contributed by atoms with Crippen molar-refractivity contribution in [2.45, 2.75) is 12.8 Å². The van der Waals surface area contributed by atoms with E-state index in [9.17, 15) is 0 Å². The number of alkyl halides is 1. The van der Waals surface area contributed by atoms with E-state index in [-0.39, 0.29) is 0 Å². The number of unbranched alkanes of at least 4 members (excludes halogenated alkanes) is 1. The average molecular weight is 201 g/mol. The first-order valence-corrected chi connectivity index (χ1v) is 5.40.